The summed E-state index contributed by atoms with van der Waals surface area (Å²) in [7, 11) is 0. The summed E-state index contributed by atoms with van der Waals surface area (Å²) in [4.78, 5) is 15.1. The first-order chi connectivity index (χ1) is 11.9. The molecule has 6 heteroatoms. The van der Waals surface area contributed by atoms with Crippen molar-refractivity contribution in [2.45, 2.75) is 6.92 Å². The summed E-state index contributed by atoms with van der Waals surface area (Å²) in [6.07, 6.45) is 1.31. The number of furan rings is 1. The van der Waals surface area contributed by atoms with Crippen LogP contribution in [0.25, 0.3) is 11.3 Å². The van der Waals surface area contributed by atoms with E-state index in [2.05, 4.69) is 4.99 Å². The van der Waals surface area contributed by atoms with Crippen molar-refractivity contribution in [3.05, 3.63) is 77.1 Å². The summed E-state index contributed by atoms with van der Waals surface area (Å²) in [5, 5.41) is 9.18. The van der Waals surface area contributed by atoms with Crippen LogP contribution in [-0.2, 0) is 0 Å². The van der Waals surface area contributed by atoms with Gasteiger partial charge in [-0.1, -0.05) is 12.1 Å². The molecule has 126 valence electrons. The molecular weight excluding hydrogens is 328 g/mol. The van der Waals surface area contributed by atoms with E-state index in [9.17, 15) is 18.7 Å². The number of benzene rings is 2. The molecular formula is C19H13F2NO3. The normalized spacial score (nSPS) is 11.2. The van der Waals surface area contributed by atoms with E-state index in [1.165, 1.54) is 18.3 Å². The zero-order chi connectivity index (χ0) is 18.0. The first-order valence-electron chi connectivity index (χ1n) is 7.37. The molecule has 3 rings (SSSR count). The Morgan fingerprint density at radius 1 is 1.12 bits per heavy atom. The van der Waals surface area contributed by atoms with Crippen molar-refractivity contribution < 1.29 is 23.1 Å². The van der Waals surface area contributed by atoms with E-state index in [4.69, 9.17) is 4.42 Å². The van der Waals surface area contributed by atoms with Crippen molar-refractivity contribution in [2.24, 2.45) is 4.99 Å². The van der Waals surface area contributed by atoms with Gasteiger partial charge in [-0.2, -0.15) is 0 Å². The molecule has 0 saturated heterocycles. The van der Waals surface area contributed by atoms with Gasteiger partial charge in [0.15, 0.2) is 5.82 Å². The van der Waals surface area contributed by atoms with Gasteiger partial charge >= 0.3 is 5.97 Å². The lowest BCUT2D eigenvalue weighted by Gasteiger charge is -2.03. The van der Waals surface area contributed by atoms with Crippen LogP contribution in [0.3, 0.4) is 0 Å². The molecule has 0 aliphatic carbocycles. The molecule has 0 fully saturated rings. The minimum absolute atomic E-state index is 0.0113. The van der Waals surface area contributed by atoms with Gasteiger partial charge in [0.25, 0.3) is 0 Å². The van der Waals surface area contributed by atoms with Crippen LogP contribution >= 0.6 is 0 Å². The maximum Gasteiger partial charge on any atom is 0.335 e. The first kappa shape index (κ1) is 16.6. The summed E-state index contributed by atoms with van der Waals surface area (Å²) in [5.74, 6) is -1.64. The average molecular weight is 341 g/mol. The summed E-state index contributed by atoms with van der Waals surface area (Å²) in [6.45, 7) is 1.71. The largest absolute Gasteiger partial charge is 0.478 e. The second-order valence-electron chi connectivity index (χ2n) is 5.39. The van der Waals surface area contributed by atoms with Crippen molar-refractivity contribution in [3.8, 4) is 11.3 Å². The number of carboxylic acid groups (broad SMARTS) is 1. The number of halogens is 2. The fourth-order valence-electron chi connectivity index (χ4n) is 2.30. The van der Waals surface area contributed by atoms with E-state index in [1.54, 1.807) is 31.2 Å². The number of aromatic carboxylic acids is 1. The van der Waals surface area contributed by atoms with E-state index < -0.39 is 17.6 Å². The molecule has 0 aliphatic rings. The van der Waals surface area contributed by atoms with Crippen LogP contribution in [0.5, 0.6) is 0 Å². The van der Waals surface area contributed by atoms with E-state index in [0.717, 1.165) is 12.1 Å². The van der Waals surface area contributed by atoms with E-state index in [1.807, 2.05) is 0 Å². The Bertz CT molecular complexity index is 977. The van der Waals surface area contributed by atoms with Gasteiger partial charge in [0, 0.05) is 11.6 Å². The summed E-state index contributed by atoms with van der Waals surface area (Å²) in [5.41, 5.74) is 1.44. The number of carboxylic acids is 1. The quantitative estimate of drug-likeness (QED) is 0.681. The number of hydrogen-bond acceptors (Lipinski definition) is 3. The van der Waals surface area contributed by atoms with Crippen LogP contribution in [-0.4, -0.2) is 17.3 Å². The van der Waals surface area contributed by atoms with Crippen LogP contribution in [0.15, 0.2) is 57.9 Å². The lowest BCUT2D eigenvalue weighted by molar-refractivity contribution is 0.0696. The molecule has 0 spiro atoms. The van der Waals surface area contributed by atoms with Gasteiger partial charge in [-0.3, -0.25) is 0 Å². The van der Waals surface area contributed by atoms with Crippen LogP contribution in [0.1, 0.15) is 21.7 Å². The fraction of sp³-hybridized carbons (Fsp3) is 0.0526. The van der Waals surface area contributed by atoms with Crippen molar-refractivity contribution in [2.75, 3.05) is 0 Å². The second kappa shape index (κ2) is 6.68. The van der Waals surface area contributed by atoms with E-state index >= 15 is 0 Å². The third-order valence-electron chi connectivity index (χ3n) is 3.62. The summed E-state index contributed by atoms with van der Waals surface area (Å²) >= 11 is 0. The number of carbonyl (C=O) groups is 1. The molecule has 4 nitrogen and oxygen atoms in total. The Morgan fingerprint density at radius 3 is 2.64 bits per heavy atom. The van der Waals surface area contributed by atoms with Gasteiger partial charge in [-0.15, -0.1) is 0 Å². The predicted octanol–water partition coefficient (Wildman–Crippen LogP) is 4.98. The lowest BCUT2D eigenvalue weighted by atomic mass is 10.0. The predicted molar refractivity (Wildman–Crippen MR) is 89.5 cm³/mol. The Kier molecular flexibility index (Phi) is 4.43. The molecule has 2 aromatic carbocycles. The smallest absolute Gasteiger partial charge is 0.335 e. The Hall–Kier alpha value is -3.28. The van der Waals surface area contributed by atoms with E-state index in [0.29, 0.717) is 22.6 Å². The van der Waals surface area contributed by atoms with Crippen molar-refractivity contribution in [1.29, 1.82) is 0 Å². The molecule has 1 N–H and O–H groups in total. The molecule has 0 bridgehead atoms. The third-order valence-corrected chi connectivity index (χ3v) is 3.62. The molecule has 0 aliphatic heterocycles. The average Bonchev–Trinajstić information content (AvgIpc) is 3.03. The van der Waals surface area contributed by atoms with Gasteiger partial charge < -0.3 is 9.52 Å². The van der Waals surface area contributed by atoms with Crippen molar-refractivity contribution >= 4 is 17.9 Å². The highest BCUT2D eigenvalue weighted by molar-refractivity contribution is 5.91. The zero-order valence-corrected chi connectivity index (χ0v) is 13.2. The first-order valence-corrected chi connectivity index (χ1v) is 7.37. The molecule has 0 amide bonds. The maximum atomic E-state index is 13.5. The minimum atomic E-state index is -1.01. The number of hydrogen-bond donors (Lipinski definition) is 1. The molecule has 1 heterocycles. The number of aryl methyl sites for hydroxylation is 1. The standard InChI is InChI=1S/C19H13F2NO3/c1-11-2-3-12(8-15(11)19(23)24)18-7-5-14(25-18)10-22-17-6-4-13(20)9-16(17)21/h2-10H,1H3,(H,23,24). The number of aliphatic imine (C=N–C) groups is 1. The molecule has 0 unspecified atom stereocenters. The highest BCUT2D eigenvalue weighted by atomic mass is 19.1. The molecule has 0 atom stereocenters. The van der Waals surface area contributed by atoms with Gasteiger partial charge in [0.1, 0.15) is 17.3 Å². The van der Waals surface area contributed by atoms with Crippen molar-refractivity contribution in [1.82, 2.24) is 0 Å². The molecule has 0 saturated carbocycles. The van der Waals surface area contributed by atoms with Crippen LogP contribution in [0.4, 0.5) is 14.5 Å². The Morgan fingerprint density at radius 2 is 1.92 bits per heavy atom. The highest BCUT2D eigenvalue weighted by Gasteiger charge is 2.11. The SMILES string of the molecule is Cc1ccc(-c2ccc(C=Nc3ccc(F)cc3F)o2)cc1C(=O)O. The second-order valence-corrected chi connectivity index (χ2v) is 5.39. The minimum Gasteiger partial charge on any atom is -0.478 e. The van der Waals surface area contributed by atoms with Gasteiger partial charge in [-0.25, -0.2) is 18.6 Å². The van der Waals surface area contributed by atoms with Crippen LogP contribution in [0.2, 0.25) is 0 Å². The summed E-state index contributed by atoms with van der Waals surface area (Å²) < 4.78 is 32.0. The summed E-state index contributed by atoms with van der Waals surface area (Å²) in [6, 6.07) is 11.4. The van der Waals surface area contributed by atoms with Crippen LogP contribution < -0.4 is 0 Å². The number of nitrogens with zero attached hydrogens (tertiary/aromatic N) is 1. The maximum absolute atomic E-state index is 13.5. The van der Waals surface area contributed by atoms with Crippen molar-refractivity contribution in [3.63, 3.8) is 0 Å². The zero-order valence-electron chi connectivity index (χ0n) is 13.2. The van der Waals surface area contributed by atoms with Gasteiger partial charge in [0.2, 0.25) is 0 Å². The van der Waals surface area contributed by atoms with Gasteiger partial charge in [-0.05, 0) is 42.8 Å². The topological polar surface area (TPSA) is 62.8 Å². The molecule has 3 aromatic rings. The molecule has 25 heavy (non-hydrogen) atoms. The van der Waals surface area contributed by atoms with Crippen LogP contribution in [0, 0.1) is 18.6 Å². The fourth-order valence-corrected chi connectivity index (χ4v) is 2.30. The molecule has 1 aromatic heterocycles. The van der Waals surface area contributed by atoms with E-state index in [-0.39, 0.29) is 11.3 Å². The highest BCUT2D eigenvalue weighted by Crippen LogP contribution is 2.25. The monoisotopic (exact) mass is 341 g/mol. The third kappa shape index (κ3) is 3.63. The number of rotatable bonds is 4. The van der Waals surface area contributed by atoms with Gasteiger partial charge in [0.05, 0.1) is 17.5 Å². The Balaban J connectivity index is 1.86. The molecule has 0 radical (unpaired) electrons. The Labute approximate surface area is 142 Å². The lowest BCUT2D eigenvalue weighted by Crippen LogP contribution is -1.99.